The SMILES string of the molecule is Cl.NC(CSSCC(N)C(=O)OCCO)C(=O)O. The monoisotopic (exact) mass is 320 g/mol. The van der Waals surface area contributed by atoms with Gasteiger partial charge in [-0.15, -0.1) is 12.4 Å². The van der Waals surface area contributed by atoms with E-state index in [0.717, 1.165) is 0 Å². The van der Waals surface area contributed by atoms with Crippen LogP contribution < -0.4 is 11.5 Å². The number of carboxylic acid groups (broad SMARTS) is 1. The van der Waals surface area contributed by atoms with Crippen molar-refractivity contribution in [3.05, 3.63) is 0 Å². The highest BCUT2D eigenvalue weighted by Crippen LogP contribution is 2.22. The van der Waals surface area contributed by atoms with E-state index in [1.165, 1.54) is 21.6 Å². The molecule has 6 N–H and O–H groups in total. The Kier molecular flexibility index (Phi) is 13.3. The first-order valence-electron chi connectivity index (χ1n) is 4.75. The predicted octanol–water partition coefficient (Wildman–Crippen LogP) is -0.936. The number of nitrogens with two attached hydrogens (primary N) is 2. The molecule has 0 bridgehead atoms. The van der Waals surface area contributed by atoms with Gasteiger partial charge in [0.05, 0.1) is 6.61 Å². The van der Waals surface area contributed by atoms with E-state index in [-0.39, 0.29) is 31.4 Å². The van der Waals surface area contributed by atoms with Gasteiger partial charge in [-0.3, -0.25) is 9.59 Å². The molecule has 0 aromatic rings. The van der Waals surface area contributed by atoms with Crippen LogP contribution in [-0.2, 0) is 14.3 Å². The van der Waals surface area contributed by atoms with Gasteiger partial charge in [-0.05, 0) is 0 Å². The summed E-state index contributed by atoms with van der Waals surface area (Å²) in [6.07, 6.45) is 0. The van der Waals surface area contributed by atoms with Gasteiger partial charge >= 0.3 is 11.9 Å². The molecule has 7 nitrogen and oxygen atoms in total. The fourth-order valence-corrected chi connectivity index (χ4v) is 2.86. The van der Waals surface area contributed by atoms with Gasteiger partial charge in [0.25, 0.3) is 0 Å². The number of halogens is 1. The first-order valence-corrected chi connectivity index (χ1v) is 7.23. The Balaban J connectivity index is 0. The Morgan fingerprint density at radius 3 is 2.11 bits per heavy atom. The van der Waals surface area contributed by atoms with E-state index in [1.807, 2.05) is 0 Å². The Hall–Kier alpha value is -0.190. The molecule has 108 valence electrons. The van der Waals surface area contributed by atoms with Crippen molar-refractivity contribution in [3.8, 4) is 0 Å². The van der Waals surface area contributed by atoms with Crippen LogP contribution in [0.4, 0.5) is 0 Å². The molecule has 0 aliphatic carbocycles. The van der Waals surface area contributed by atoms with Gasteiger partial charge in [-0.1, -0.05) is 21.6 Å². The van der Waals surface area contributed by atoms with Crippen LogP contribution >= 0.6 is 34.0 Å². The Labute approximate surface area is 119 Å². The van der Waals surface area contributed by atoms with Crippen LogP contribution in [-0.4, -0.2) is 59.0 Å². The van der Waals surface area contributed by atoms with Gasteiger partial charge in [-0.2, -0.15) is 0 Å². The van der Waals surface area contributed by atoms with Crippen LogP contribution in [0.1, 0.15) is 0 Å². The number of ether oxygens (including phenoxy) is 1. The number of rotatable bonds is 9. The molecule has 2 unspecified atom stereocenters. The van der Waals surface area contributed by atoms with Gasteiger partial charge in [0, 0.05) is 11.5 Å². The zero-order valence-electron chi connectivity index (χ0n) is 9.48. The van der Waals surface area contributed by atoms with Crippen LogP contribution in [0.3, 0.4) is 0 Å². The number of hydrogen-bond acceptors (Lipinski definition) is 8. The third kappa shape index (κ3) is 9.80. The van der Waals surface area contributed by atoms with E-state index >= 15 is 0 Å². The van der Waals surface area contributed by atoms with Crippen molar-refractivity contribution in [2.24, 2.45) is 11.5 Å². The maximum absolute atomic E-state index is 11.1. The molecule has 0 radical (unpaired) electrons. The van der Waals surface area contributed by atoms with Crippen molar-refractivity contribution in [1.82, 2.24) is 0 Å². The van der Waals surface area contributed by atoms with Gasteiger partial charge in [0.2, 0.25) is 0 Å². The van der Waals surface area contributed by atoms with E-state index in [0.29, 0.717) is 5.75 Å². The molecule has 0 saturated heterocycles. The average molecular weight is 321 g/mol. The van der Waals surface area contributed by atoms with Crippen LogP contribution in [0.25, 0.3) is 0 Å². The largest absolute Gasteiger partial charge is 0.480 e. The maximum atomic E-state index is 11.1. The van der Waals surface area contributed by atoms with E-state index in [2.05, 4.69) is 4.74 Å². The number of carbonyl (C=O) groups is 2. The number of carbonyl (C=O) groups excluding carboxylic acids is 1. The fraction of sp³-hybridized carbons (Fsp3) is 0.750. The summed E-state index contributed by atoms with van der Waals surface area (Å²) in [7, 11) is 2.49. The first kappa shape index (κ1) is 20.1. The van der Waals surface area contributed by atoms with Crippen molar-refractivity contribution in [2.45, 2.75) is 12.1 Å². The van der Waals surface area contributed by atoms with Crippen LogP contribution in [0.2, 0.25) is 0 Å². The normalized spacial score (nSPS) is 13.3. The smallest absolute Gasteiger partial charge is 0.323 e. The summed E-state index contributed by atoms with van der Waals surface area (Å²) in [6, 6.07) is -1.72. The van der Waals surface area contributed by atoms with Gasteiger partial charge in [-0.25, -0.2) is 0 Å². The van der Waals surface area contributed by atoms with Crippen molar-refractivity contribution in [2.75, 3.05) is 24.7 Å². The summed E-state index contributed by atoms with van der Waals surface area (Å²) in [5, 5.41) is 16.9. The molecule has 0 aliphatic rings. The lowest BCUT2D eigenvalue weighted by Crippen LogP contribution is -2.35. The van der Waals surface area contributed by atoms with E-state index < -0.39 is 24.0 Å². The lowest BCUT2D eigenvalue weighted by molar-refractivity contribution is -0.145. The zero-order valence-corrected chi connectivity index (χ0v) is 11.9. The quantitative estimate of drug-likeness (QED) is 0.241. The Morgan fingerprint density at radius 2 is 1.67 bits per heavy atom. The van der Waals surface area contributed by atoms with E-state index in [1.54, 1.807) is 0 Å². The molecule has 0 heterocycles. The molecule has 0 rings (SSSR count). The minimum Gasteiger partial charge on any atom is -0.480 e. The molecule has 0 saturated carbocycles. The number of aliphatic carboxylic acids is 1. The van der Waals surface area contributed by atoms with Crippen LogP contribution in [0.5, 0.6) is 0 Å². The summed E-state index contributed by atoms with van der Waals surface area (Å²) >= 11 is 0. The summed E-state index contributed by atoms with van der Waals surface area (Å²) in [6.45, 7) is -0.317. The number of esters is 1. The summed E-state index contributed by atoms with van der Waals surface area (Å²) < 4.78 is 4.61. The second kappa shape index (κ2) is 11.9. The van der Waals surface area contributed by atoms with E-state index in [9.17, 15) is 9.59 Å². The molecule has 2 atom stereocenters. The summed E-state index contributed by atoms with van der Waals surface area (Å²) in [4.78, 5) is 21.5. The fourth-order valence-electron chi connectivity index (χ4n) is 0.635. The van der Waals surface area contributed by atoms with Gasteiger partial charge in [0.1, 0.15) is 18.7 Å². The molecule has 18 heavy (non-hydrogen) atoms. The molecule has 0 aromatic heterocycles. The van der Waals surface area contributed by atoms with E-state index in [4.69, 9.17) is 21.7 Å². The Bertz CT molecular complexity index is 260. The maximum Gasteiger partial charge on any atom is 0.323 e. The highest BCUT2D eigenvalue weighted by Gasteiger charge is 2.16. The molecular weight excluding hydrogens is 304 g/mol. The topological polar surface area (TPSA) is 136 Å². The first-order chi connectivity index (χ1) is 7.99. The average Bonchev–Trinajstić information content (AvgIpc) is 2.30. The van der Waals surface area contributed by atoms with Crippen LogP contribution in [0, 0.1) is 0 Å². The van der Waals surface area contributed by atoms with Gasteiger partial charge < -0.3 is 26.4 Å². The molecule has 0 aromatic carbocycles. The third-order valence-corrected chi connectivity index (χ3v) is 4.01. The second-order valence-electron chi connectivity index (χ2n) is 3.01. The molecule has 0 aliphatic heterocycles. The van der Waals surface area contributed by atoms with Crippen molar-refractivity contribution < 1.29 is 24.5 Å². The third-order valence-electron chi connectivity index (χ3n) is 1.53. The van der Waals surface area contributed by atoms with Crippen molar-refractivity contribution in [3.63, 3.8) is 0 Å². The zero-order chi connectivity index (χ0) is 13.3. The molecular formula is C8H17ClN2O5S2. The number of aliphatic hydroxyl groups is 1. The molecule has 10 heteroatoms. The molecule has 0 amide bonds. The predicted molar refractivity (Wildman–Crippen MR) is 73.8 cm³/mol. The number of hydrogen-bond donors (Lipinski definition) is 4. The minimum atomic E-state index is -1.07. The van der Waals surface area contributed by atoms with Crippen LogP contribution in [0.15, 0.2) is 0 Å². The van der Waals surface area contributed by atoms with Crippen molar-refractivity contribution in [1.29, 1.82) is 0 Å². The summed E-state index contributed by atoms with van der Waals surface area (Å²) in [5.41, 5.74) is 10.8. The number of carboxylic acids is 1. The number of aliphatic hydroxyl groups excluding tert-OH is 1. The lowest BCUT2D eigenvalue weighted by Gasteiger charge is -2.10. The van der Waals surface area contributed by atoms with Gasteiger partial charge in [0.15, 0.2) is 0 Å². The lowest BCUT2D eigenvalue weighted by atomic mass is 10.4. The van der Waals surface area contributed by atoms with Crippen molar-refractivity contribution >= 4 is 45.9 Å². The standard InChI is InChI=1S/C8H16N2O5S2.ClH/c9-5(7(12)13)3-16-17-4-6(10)8(14)15-2-1-11;/h5-6,11H,1-4,9-10H2,(H,12,13);1H. The Morgan fingerprint density at radius 1 is 1.17 bits per heavy atom. The minimum absolute atomic E-state index is 0. The summed E-state index contributed by atoms with van der Waals surface area (Å²) in [5.74, 6) is -1.13. The highest BCUT2D eigenvalue weighted by molar-refractivity contribution is 8.76. The molecule has 0 fully saturated rings. The molecule has 0 spiro atoms. The highest BCUT2D eigenvalue weighted by atomic mass is 35.5. The second-order valence-corrected chi connectivity index (χ2v) is 5.56.